The van der Waals surface area contributed by atoms with Crippen molar-refractivity contribution in [2.24, 2.45) is 11.8 Å². The first-order valence-electron chi connectivity index (χ1n) is 9.46. The van der Waals surface area contributed by atoms with Gasteiger partial charge >= 0.3 is 0 Å². The minimum absolute atomic E-state index is 0.248. The predicted octanol–water partition coefficient (Wildman–Crippen LogP) is -0.380. The summed E-state index contributed by atoms with van der Waals surface area (Å²) in [4.78, 5) is 13.2. The molecule has 1 saturated heterocycles. The number of hydrogen-bond acceptors (Lipinski definition) is 9. The summed E-state index contributed by atoms with van der Waals surface area (Å²) in [5, 5.41) is 33.1. The van der Waals surface area contributed by atoms with Crippen molar-refractivity contribution in [2.75, 3.05) is 17.7 Å². The monoisotopic (exact) mass is 376 g/mol. The molecular formula is C17H24N6O4. The zero-order chi connectivity index (χ0) is 18.7. The Hall–Kier alpha value is -2.01. The molecular weight excluding hydrogens is 352 g/mol. The maximum Gasteiger partial charge on any atom is 0.227 e. The molecule has 4 atom stereocenters. The van der Waals surface area contributed by atoms with Crippen LogP contribution >= 0.6 is 0 Å². The number of aromatic nitrogens is 4. The SMILES string of the molecule is Nc1nc(NC2C3CCC2CC3)nc2c1ncn2[C@@H]1O[C@H](CO)[C@@H](O)[C@H]1O. The number of aliphatic hydroxyl groups excluding tert-OH is 3. The number of nitrogens with zero attached hydrogens (tertiary/aromatic N) is 4. The fourth-order valence-electron chi connectivity index (χ4n) is 4.93. The van der Waals surface area contributed by atoms with E-state index in [4.69, 9.17) is 10.5 Å². The van der Waals surface area contributed by atoms with Crippen LogP contribution in [0, 0.1) is 11.8 Å². The Morgan fingerprint density at radius 2 is 1.85 bits per heavy atom. The average molecular weight is 376 g/mol. The molecule has 0 radical (unpaired) electrons. The zero-order valence-corrected chi connectivity index (χ0v) is 14.8. The fraction of sp³-hybridized carbons (Fsp3) is 0.706. The van der Waals surface area contributed by atoms with Gasteiger partial charge in [-0.15, -0.1) is 0 Å². The molecule has 27 heavy (non-hydrogen) atoms. The number of hydrogen-bond donors (Lipinski definition) is 5. The van der Waals surface area contributed by atoms with E-state index in [1.807, 2.05) is 0 Å². The van der Waals surface area contributed by atoms with E-state index in [0.29, 0.717) is 35.0 Å². The van der Waals surface area contributed by atoms with Crippen molar-refractivity contribution in [3.63, 3.8) is 0 Å². The highest BCUT2D eigenvalue weighted by Gasteiger charge is 2.44. The molecule has 2 aromatic rings. The lowest BCUT2D eigenvalue weighted by Gasteiger charge is -2.19. The van der Waals surface area contributed by atoms with Crippen LogP contribution in [0.4, 0.5) is 11.8 Å². The number of rotatable bonds is 4. The van der Waals surface area contributed by atoms with E-state index >= 15 is 0 Å². The third kappa shape index (κ3) is 2.59. The zero-order valence-electron chi connectivity index (χ0n) is 14.8. The molecule has 0 unspecified atom stereocenters. The first kappa shape index (κ1) is 17.1. The second-order valence-electron chi connectivity index (χ2n) is 7.83. The van der Waals surface area contributed by atoms with Gasteiger partial charge in [0.05, 0.1) is 12.9 Å². The normalized spacial score (nSPS) is 38.1. The lowest BCUT2D eigenvalue weighted by Crippen LogP contribution is -2.33. The van der Waals surface area contributed by atoms with Crippen LogP contribution in [-0.2, 0) is 4.74 Å². The Kier molecular flexibility index (Phi) is 3.97. The van der Waals surface area contributed by atoms with Crippen molar-refractivity contribution in [1.82, 2.24) is 19.5 Å². The van der Waals surface area contributed by atoms with Gasteiger partial charge in [-0.3, -0.25) is 4.57 Å². The number of ether oxygens (including phenoxy) is 1. The van der Waals surface area contributed by atoms with Crippen molar-refractivity contribution >= 4 is 22.9 Å². The van der Waals surface area contributed by atoms with Gasteiger partial charge in [-0.1, -0.05) is 0 Å². The van der Waals surface area contributed by atoms with Gasteiger partial charge in [-0.05, 0) is 37.5 Å². The lowest BCUT2D eigenvalue weighted by atomic mass is 10.0. The molecule has 2 aromatic heterocycles. The molecule has 146 valence electrons. The standard InChI is InChI=1S/C17H24N6O4/c18-14-11-15(22-17(21-14)20-10-7-1-2-8(10)4-3-7)23(6-19-11)16-13(26)12(25)9(5-24)27-16/h6-10,12-13,16,24-26H,1-5H2,(H3,18,20,21,22)/t7?,8?,9-,10?,12-,13-,16-/m1/s1. The molecule has 10 heteroatoms. The number of nitrogens with two attached hydrogens (primary N) is 1. The van der Waals surface area contributed by atoms with Crippen molar-refractivity contribution in [1.29, 1.82) is 0 Å². The predicted molar refractivity (Wildman–Crippen MR) is 95.6 cm³/mol. The molecule has 3 fully saturated rings. The number of anilines is 2. The molecule has 1 aliphatic heterocycles. The van der Waals surface area contributed by atoms with Gasteiger partial charge in [0.1, 0.15) is 23.8 Å². The van der Waals surface area contributed by atoms with Crippen LogP contribution in [0.1, 0.15) is 31.9 Å². The second-order valence-corrected chi connectivity index (χ2v) is 7.83. The highest BCUT2D eigenvalue weighted by Crippen LogP contribution is 2.45. The van der Waals surface area contributed by atoms with Gasteiger partial charge in [0, 0.05) is 6.04 Å². The van der Waals surface area contributed by atoms with Crippen LogP contribution in [0.2, 0.25) is 0 Å². The van der Waals surface area contributed by atoms with E-state index in [2.05, 4.69) is 20.3 Å². The molecule has 3 heterocycles. The summed E-state index contributed by atoms with van der Waals surface area (Å²) >= 11 is 0. The maximum atomic E-state index is 10.3. The van der Waals surface area contributed by atoms with Crippen LogP contribution in [-0.4, -0.2) is 65.8 Å². The van der Waals surface area contributed by atoms with Gasteiger partial charge in [0.2, 0.25) is 5.95 Å². The summed E-state index contributed by atoms with van der Waals surface area (Å²) in [6, 6.07) is 0.368. The minimum atomic E-state index is -1.21. The maximum absolute atomic E-state index is 10.3. The van der Waals surface area contributed by atoms with Gasteiger partial charge in [0.15, 0.2) is 17.7 Å². The molecule has 2 bridgehead atoms. The van der Waals surface area contributed by atoms with Gasteiger partial charge in [0.25, 0.3) is 0 Å². The van der Waals surface area contributed by atoms with Crippen molar-refractivity contribution in [3.8, 4) is 0 Å². The number of nitrogen functional groups attached to an aromatic ring is 1. The van der Waals surface area contributed by atoms with E-state index in [0.717, 1.165) is 0 Å². The quantitative estimate of drug-likeness (QED) is 0.481. The smallest absolute Gasteiger partial charge is 0.227 e. The molecule has 5 rings (SSSR count). The highest BCUT2D eigenvalue weighted by atomic mass is 16.6. The first-order valence-corrected chi connectivity index (χ1v) is 9.46. The van der Waals surface area contributed by atoms with Crippen LogP contribution in [0.3, 0.4) is 0 Å². The molecule has 2 saturated carbocycles. The Morgan fingerprint density at radius 1 is 1.15 bits per heavy atom. The summed E-state index contributed by atoms with van der Waals surface area (Å²) in [5.41, 5.74) is 6.92. The molecule has 0 aromatic carbocycles. The Morgan fingerprint density at radius 3 is 2.48 bits per heavy atom. The molecule has 0 amide bonds. The van der Waals surface area contributed by atoms with E-state index in [1.54, 1.807) is 0 Å². The number of fused-ring (bicyclic) bond motifs is 3. The summed E-state index contributed by atoms with van der Waals surface area (Å²) < 4.78 is 7.13. The van der Waals surface area contributed by atoms with Crippen molar-refractivity contribution in [3.05, 3.63) is 6.33 Å². The number of nitrogens with one attached hydrogen (secondary N) is 1. The lowest BCUT2D eigenvalue weighted by molar-refractivity contribution is -0.0511. The van der Waals surface area contributed by atoms with E-state index in [1.165, 1.54) is 36.6 Å². The van der Waals surface area contributed by atoms with Crippen LogP contribution in [0.25, 0.3) is 11.2 Å². The summed E-state index contributed by atoms with van der Waals surface area (Å²) in [5.74, 6) is 2.00. The summed E-state index contributed by atoms with van der Waals surface area (Å²) in [6.07, 6.45) is 2.22. The highest BCUT2D eigenvalue weighted by molar-refractivity contribution is 5.83. The first-order chi connectivity index (χ1) is 13.1. The topological polar surface area (TPSA) is 152 Å². The Bertz CT molecular complexity index is 839. The second kappa shape index (κ2) is 6.26. The molecule has 3 aliphatic rings. The van der Waals surface area contributed by atoms with Gasteiger partial charge < -0.3 is 31.1 Å². The van der Waals surface area contributed by atoms with Crippen LogP contribution in [0.15, 0.2) is 6.33 Å². The van der Waals surface area contributed by atoms with E-state index < -0.39 is 31.1 Å². The van der Waals surface area contributed by atoms with Crippen molar-refractivity contribution in [2.45, 2.75) is 56.3 Å². The molecule has 6 N–H and O–H groups in total. The summed E-state index contributed by atoms with van der Waals surface area (Å²) in [7, 11) is 0. The third-order valence-electron chi connectivity index (χ3n) is 6.37. The van der Waals surface area contributed by atoms with Crippen LogP contribution in [0.5, 0.6) is 0 Å². The molecule has 2 aliphatic carbocycles. The van der Waals surface area contributed by atoms with E-state index in [-0.39, 0.29) is 5.82 Å². The van der Waals surface area contributed by atoms with Gasteiger partial charge in [-0.2, -0.15) is 9.97 Å². The average Bonchev–Trinajstić information content (AvgIpc) is 3.41. The summed E-state index contributed by atoms with van der Waals surface area (Å²) in [6.45, 7) is -0.393. The minimum Gasteiger partial charge on any atom is -0.394 e. The molecule has 0 spiro atoms. The Balaban J connectivity index is 1.49. The molecule has 10 nitrogen and oxygen atoms in total. The van der Waals surface area contributed by atoms with Crippen molar-refractivity contribution < 1.29 is 20.1 Å². The number of aliphatic hydroxyl groups is 3. The largest absolute Gasteiger partial charge is 0.394 e. The van der Waals surface area contributed by atoms with Gasteiger partial charge in [-0.25, -0.2) is 4.98 Å². The Labute approximate surface area is 155 Å². The number of imidazole rings is 1. The fourth-order valence-corrected chi connectivity index (χ4v) is 4.93. The van der Waals surface area contributed by atoms with Crippen LogP contribution < -0.4 is 11.1 Å². The third-order valence-corrected chi connectivity index (χ3v) is 6.37. The van der Waals surface area contributed by atoms with E-state index in [9.17, 15) is 15.3 Å².